The second kappa shape index (κ2) is 9.85. The zero-order chi connectivity index (χ0) is 14.0. The van der Waals surface area contributed by atoms with Crippen molar-refractivity contribution in [2.24, 2.45) is 5.73 Å². The minimum Gasteiger partial charge on any atom is -0.358 e. The number of nitrogens with two attached hydrogens (primary N) is 1. The molecule has 0 aliphatic heterocycles. The highest BCUT2D eigenvalue weighted by Gasteiger charge is 2.15. The smallest absolute Gasteiger partial charge is 0.236 e. The predicted octanol–water partition coefficient (Wildman–Crippen LogP) is -0.748. The normalized spacial score (nSPS) is 10.5. The summed E-state index contributed by atoms with van der Waals surface area (Å²) in [6.07, 6.45) is 1.71. The minimum atomic E-state index is -0.0686. The number of nitrogens with one attached hydrogen (secondary N) is 1. The highest BCUT2D eigenvalue weighted by atomic mass is 16.2. The third kappa shape index (κ3) is 7.24. The Hall–Kier alpha value is -1.14. The summed E-state index contributed by atoms with van der Waals surface area (Å²) in [6, 6.07) is 0. The largest absolute Gasteiger partial charge is 0.358 e. The van der Waals surface area contributed by atoms with Gasteiger partial charge < -0.3 is 16.0 Å². The van der Waals surface area contributed by atoms with Crippen molar-refractivity contribution in [2.45, 2.75) is 19.8 Å². The summed E-state index contributed by atoms with van der Waals surface area (Å²) >= 11 is 0. The van der Waals surface area contributed by atoms with Crippen LogP contribution in [-0.2, 0) is 9.59 Å². The third-order valence-corrected chi connectivity index (χ3v) is 2.67. The summed E-state index contributed by atoms with van der Waals surface area (Å²) in [5.41, 5.74) is 5.41. The van der Waals surface area contributed by atoms with Crippen LogP contribution in [0.1, 0.15) is 19.8 Å². The third-order valence-electron chi connectivity index (χ3n) is 2.67. The molecule has 0 bridgehead atoms. The summed E-state index contributed by atoms with van der Waals surface area (Å²) < 4.78 is 0. The lowest BCUT2D eigenvalue weighted by Crippen LogP contribution is -2.43. The van der Waals surface area contributed by atoms with Gasteiger partial charge in [0.05, 0.1) is 13.1 Å². The molecule has 0 rings (SSSR count). The molecule has 6 nitrogen and oxygen atoms in total. The highest BCUT2D eigenvalue weighted by Crippen LogP contribution is 1.95. The molecular formula is C12H26N4O2. The molecule has 3 N–H and O–H groups in total. The molecule has 106 valence electrons. The molecule has 0 saturated carbocycles. The molecule has 0 saturated heterocycles. The van der Waals surface area contributed by atoms with E-state index in [4.69, 9.17) is 5.73 Å². The zero-order valence-corrected chi connectivity index (χ0v) is 11.7. The monoisotopic (exact) mass is 258 g/mol. The molecule has 0 unspecified atom stereocenters. The quantitative estimate of drug-likeness (QED) is 0.570. The first-order valence-electron chi connectivity index (χ1n) is 6.42. The molecule has 0 aromatic rings. The Bertz CT molecular complexity index is 258. The maximum absolute atomic E-state index is 11.9. The highest BCUT2D eigenvalue weighted by molar-refractivity contribution is 5.80. The summed E-state index contributed by atoms with van der Waals surface area (Å²) in [6.45, 7) is 4.55. The van der Waals surface area contributed by atoms with Gasteiger partial charge in [0.15, 0.2) is 0 Å². The van der Waals surface area contributed by atoms with Gasteiger partial charge in [0, 0.05) is 20.6 Å². The Morgan fingerprint density at radius 1 is 1.22 bits per heavy atom. The van der Waals surface area contributed by atoms with Gasteiger partial charge in [0.1, 0.15) is 0 Å². The number of amides is 2. The van der Waals surface area contributed by atoms with Gasteiger partial charge in [-0.1, -0.05) is 6.92 Å². The van der Waals surface area contributed by atoms with Crippen LogP contribution in [0, 0.1) is 0 Å². The molecule has 0 heterocycles. The average molecular weight is 258 g/mol. The van der Waals surface area contributed by atoms with Crippen molar-refractivity contribution in [3.63, 3.8) is 0 Å². The molecule has 0 aromatic heterocycles. The first-order chi connectivity index (χ1) is 8.54. The van der Waals surface area contributed by atoms with E-state index in [-0.39, 0.29) is 24.9 Å². The number of likely N-dealkylation sites (N-methyl/N-ethyl adjacent to an activating group) is 2. The lowest BCUT2D eigenvalue weighted by Gasteiger charge is -2.24. The van der Waals surface area contributed by atoms with Gasteiger partial charge >= 0.3 is 0 Å². The first-order valence-corrected chi connectivity index (χ1v) is 6.42. The van der Waals surface area contributed by atoms with Crippen LogP contribution in [0.5, 0.6) is 0 Å². The minimum absolute atomic E-state index is 0.0285. The Morgan fingerprint density at radius 3 is 2.39 bits per heavy atom. The molecule has 0 aliphatic rings. The van der Waals surface area contributed by atoms with Gasteiger partial charge in [-0.15, -0.1) is 0 Å². The van der Waals surface area contributed by atoms with Gasteiger partial charge in [-0.3, -0.25) is 14.5 Å². The molecule has 18 heavy (non-hydrogen) atoms. The van der Waals surface area contributed by atoms with Crippen molar-refractivity contribution >= 4 is 11.8 Å². The van der Waals surface area contributed by atoms with Crippen LogP contribution in [0.3, 0.4) is 0 Å². The molecular weight excluding hydrogens is 232 g/mol. The van der Waals surface area contributed by atoms with E-state index in [9.17, 15) is 9.59 Å². The van der Waals surface area contributed by atoms with Crippen molar-refractivity contribution < 1.29 is 9.59 Å². The van der Waals surface area contributed by atoms with Crippen LogP contribution in [-0.4, -0.2) is 68.4 Å². The van der Waals surface area contributed by atoms with Crippen LogP contribution in [0.2, 0.25) is 0 Å². The van der Waals surface area contributed by atoms with Gasteiger partial charge in [0.2, 0.25) is 11.8 Å². The molecule has 6 heteroatoms. The van der Waals surface area contributed by atoms with E-state index < -0.39 is 0 Å². The predicted molar refractivity (Wildman–Crippen MR) is 72.1 cm³/mol. The fourth-order valence-electron chi connectivity index (χ4n) is 1.58. The number of nitrogens with zero attached hydrogens (tertiary/aromatic N) is 2. The summed E-state index contributed by atoms with van der Waals surface area (Å²) in [5, 5.41) is 2.57. The Morgan fingerprint density at radius 2 is 1.89 bits per heavy atom. The Kier molecular flexibility index (Phi) is 9.22. The van der Waals surface area contributed by atoms with Gasteiger partial charge in [-0.05, 0) is 25.9 Å². The van der Waals surface area contributed by atoms with Gasteiger partial charge in [0.25, 0.3) is 0 Å². The number of hydrogen-bond donors (Lipinski definition) is 2. The zero-order valence-electron chi connectivity index (χ0n) is 11.7. The lowest BCUT2D eigenvalue weighted by atomic mass is 10.3. The lowest BCUT2D eigenvalue weighted by molar-refractivity contribution is -0.132. The SMILES string of the molecule is CCCN(CC(=O)NC)CC(=O)N(C)CCCN. The maximum atomic E-state index is 11.9. The molecule has 0 spiro atoms. The molecule has 0 fully saturated rings. The van der Waals surface area contributed by atoms with E-state index in [0.717, 1.165) is 19.4 Å². The van der Waals surface area contributed by atoms with E-state index in [0.29, 0.717) is 13.1 Å². The van der Waals surface area contributed by atoms with Crippen LogP contribution < -0.4 is 11.1 Å². The van der Waals surface area contributed by atoms with Crippen molar-refractivity contribution in [1.29, 1.82) is 0 Å². The van der Waals surface area contributed by atoms with Gasteiger partial charge in [-0.25, -0.2) is 0 Å². The molecule has 0 radical (unpaired) electrons. The number of rotatable bonds is 9. The molecule has 2 amide bonds. The maximum Gasteiger partial charge on any atom is 0.236 e. The van der Waals surface area contributed by atoms with E-state index in [1.54, 1.807) is 19.0 Å². The molecule has 0 atom stereocenters. The van der Waals surface area contributed by atoms with E-state index in [2.05, 4.69) is 5.32 Å². The second-order valence-corrected chi connectivity index (χ2v) is 4.34. The summed E-state index contributed by atoms with van der Waals surface area (Å²) in [5.74, 6) is -0.0401. The van der Waals surface area contributed by atoms with Crippen molar-refractivity contribution in [3.8, 4) is 0 Å². The first kappa shape index (κ1) is 16.9. The van der Waals surface area contributed by atoms with Gasteiger partial charge in [-0.2, -0.15) is 0 Å². The molecule has 0 aromatic carbocycles. The summed E-state index contributed by atoms with van der Waals surface area (Å²) in [4.78, 5) is 26.8. The van der Waals surface area contributed by atoms with Crippen LogP contribution in [0.4, 0.5) is 0 Å². The van der Waals surface area contributed by atoms with Crippen LogP contribution in [0.25, 0.3) is 0 Å². The molecule has 0 aliphatic carbocycles. The average Bonchev–Trinajstić information content (AvgIpc) is 2.35. The number of carbonyl (C=O) groups excluding carboxylic acids is 2. The standard InChI is InChI=1S/C12H26N4O2/c1-4-7-16(9-11(17)14-2)10-12(18)15(3)8-5-6-13/h4-10,13H2,1-3H3,(H,14,17). The fourth-order valence-corrected chi connectivity index (χ4v) is 1.58. The fraction of sp³-hybridized carbons (Fsp3) is 0.833. The van der Waals surface area contributed by atoms with E-state index >= 15 is 0 Å². The van der Waals surface area contributed by atoms with Crippen molar-refractivity contribution in [3.05, 3.63) is 0 Å². The van der Waals surface area contributed by atoms with Crippen molar-refractivity contribution in [1.82, 2.24) is 15.1 Å². The summed E-state index contributed by atoms with van der Waals surface area (Å²) in [7, 11) is 3.36. The van der Waals surface area contributed by atoms with E-state index in [1.807, 2.05) is 11.8 Å². The second-order valence-electron chi connectivity index (χ2n) is 4.34. The Labute approximate surface area is 109 Å². The van der Waals surface area contributed by atoms with E-state index in [1.165, 1.54) is 0 Å². The number of hydrogen-bond acceptors (Lipinski definition) is 4. The van der Waals surface area contributed by atoms with Crippen LogP contribution in [0.15, 0.2) is 0 Å². The Balaban J connectivity index is 4.21. The van der Waals surface area contributed by atoms with Crippen molar-refractivity contribution in [2.75, 3.05) is 46.8 Å². The number of carbonyl (C=O) groups is 2. The van der Waals surface area contributed by atoms with Crippen LogP contribution >= 0.6 is 0 Å². The topological polar surface area (TPSA) is 78.7 Å².